The molecule has 0 aromatic heterocycles. The zero-order valence-corrected chi connectivity index (χ0v) is 12.7. The van der Waals surface area contributed by atoms with E-state index in [0.717, 1.165) is 5.56 Å². The summed E-state index contributed by atoms with van der Waals surface area (Å²) in [5.74, 6) is 0.565. The van der Waals surface area contributed by atoms with Gasteiger partial charge in [-0.05, 0) is 24.3 Å². The molecule has 21 heavy (non-hydrogen) atoms. The summed E-state index contributed by atoms with van der Waals surface area (Å²) in [7, 11) is 0. The molecule has 4 nitrogen and oxygen atoms in total. The molecule has 1 aromatic rings. The van der Waals surface area contributed by atoms with E-state index in [2.05, 4.69) is 5.32 Å². The maximum atomic E-state index is 12.1. The molecule has 1 aliphatic rings. The van der Waals surface area contributed by atoms with Crippen molar-refractivity contribution in [1.82, 2.24) is 5.32 Å². The fraction of sp³-hybridized carbons (Fsp3) is 0.529. The van der Waals surface area contributed by atoms with Gasteiger partial charge in [-0.15, -0.1) is 0 Å². The fourth-order valence-corrected chi connectivity index (χ4v) is 2.67. The Hall–Kier alpha value is -1.84. The number of alkyl carbamates (subject to hydrolysis) is 1. The van der Waals surface area contributed by atoms with Gasteiger partial charge in [0.1, 0.15) is 5.78 Å². The highest BCUT2D eigenvalue weighted by Gasteiger charge is 2.38. The van der Waals surface area contributed by atoms with E-state index in [-0.39, 0.29) is 5.78 Å². The van der Waals surface area contributed by atoms with Gasteiger partial charge in [0.05, 0.1) is 12.1 Å². The van der Waals surface area contributed by atoms with Gasteiger partial charge in [-0.2, -0.15) is 0 Å². The second-order valence-electron chi connectivity index (χ2n) is 6.10. The first-order valence-electron chi connectivity index (χ1n) is 7.54. The van der Waals surface area contributed by atoms with Crippen LogP contribution in [0.1, 0.15) is 45.1 Å². The number of amides is 1. The molecule has 1 aliphatic carbocycles. The third kappa shape index (κ3) is 4.06. The smallest absolute Gasteiger partial charge is 0.407 e. The normalized spacial score (nSPS) is 17.6. The predicted molar refractivity (Wildman–Crippen MR) is 80.9 cm³/mol. The minimum absolute atomic E-state index is 0.263. The highest BCUT2D eigenvalue weighted by atomic mass is 16.5. The Balaban J connectivity index is 2.13. The standard InChI is InChI=1S/C17H23NO3/c1-13(2)12-21-16(20)18-17(10-8-15(19)9-11-17)14-6-4-3-5-7-14/h3-7,13H,8-12H2,1-2H3,(H,18,20). The van der Waals surface area contributed by atoms with Crippen molar-refractivity contribution in [3.63, 3.8) is 0 Å². The van der Waals surface area contributed by atoms with Gasteiger partial charge in [0.2, 0.25) is 0 Å². The van der Waals surface area contributed by atoms with Crippen LogP contribution < -0.4 is 5.32 Å². The van der Waals surface area contributed by atoms with Gasteiger partial charge in [-0.3, -0.25) is 4.79 Å². The van der Waals surface area contributed by atoms with E-state index < -0.39 is 11.6 Å². The van der Waals surface area contributed by atoms with Gasteiger partial charge >= 0.3 is 6.09 Å². The van der Waals surface area contributed by atoms with Gasteiger partial charge in [0.15, 0.2) is 0 Å². The number of hydrogen-bond acceptors (Lipinski definition) is 3. The molecule has 0 spiro atoms. The van der Waals surface area contributed by atoms with Crippen molar-refractivity contribution in [2.75, 3.05) is 6.61 Å². The number of carbonyl (C=O) groups is 2. The van der Waals surface area contributed by atoms with Crippen LogP contribution in [0.5, 0.6) is 0 Å². The van der Waals surface area contributed by atoms with E-state index in [1.54, 1.807) is 0 Å². The van der Waals surface area contributed by atoms with Crippen molar-refractivity contribution < 1.29 is 14.3 Å². The Morgan fingerprint density at radius 3 is 2.43 bits per heavy atom. The summed E-state index contributed by atoms with van der Waals surface area (Å²) in [5, 5.41) is 3.01. The lowest BCUT2D eigenvalue weighted by Gasteiger charge is -2.37. The molecule has 0 heterocycles. The maximum absolute atomic E-state index is 12.1. The molecule has 0 saturated heterocycles. The molecule has 114 valence electrons. The van der Waals surface area contributed by atoms with Crippen LogP contribution in [0.3, 0.4) is 0 Å². The van der Waals surface area contributed by atoms with E-state index in [1.807, 2.05) is 44.2 Å². The highest BCUT2D eigenvalue weighted by molar-refractivity contribution is 5.80. The van der Waals surface area contributed by atoms with Crippen LogP contribution in [0, 0.1) is 5.92 Å². The second-order valence-corrected chi connectivity index (χ2v) is 6.10. The molecular formula is C17H23NO3. The molecule has 0 atom stereocenters. The Bertz CT molecular complexity index is 486. The van der Waals surface area contributed by atoms with Crippen LogP contribution in [-0.4, -0.2) is 18.5 Å². The van der Waals surface area contributed by atoms with Crippen LogP contribution in [0.15, 0.2) is 30.3 Å². The van der Waals surface area contributed by atoms with E-state index in [9.17, 15) is 9.59 Å². The summed E-state index contributed by atoms with van der Waals surface area (Å²) in [6.45, 7) is 4.40. The molecule has 0 bridgehead atoms. The number of benzene rings is 1. The lowest BCUT2D eigenvalue weighted by Crippen LogP contribution is -2.48. The quantitative estimate of drug-likeness (QED) is 0.924. The summed E-state index contributed by atoms with van der Waals surface area (Å²) < 4.78 is 5.24. The van der Waals surface area contributed by atoms with Crippen molar-refractivity contribution in [3.8, 4) is 0 Å². The molecule has 0 radical (unpaired) electrons. The third-order valence-electron chi connectivity index (χ3n) is 3.88. The molecule has 1 fully saturated rings. The van der Waals surface area contributed by atoms with Crippen LogP contribution in [0.4, 0.5) is 4.79 Å². The first kappa shape index (κ1) is 15.5. The topological polar surface area (TPSA) is 55.4 Å². The van der Waals surface area contributed by atoms with Crippen LogP contribution in [-0.2, 0) is 15.1 Å². The molecule has 4 heteroatoms. The molecule has 0 unspecified atom stereocenters. The first-order chi connectivity index (χ1) is 10.0. The van der Waals surface area contributed by atoms with E-state index in [0.29, 0.717) is 38.2 Å². The van der Waals surface area contributed by atoms with Gasteiger partial charge < -0.3 is 10.1 Å². The molecular weight excluding hydrogens is 266 g/mol. The van der Waals surface area contributed by atoms with Crippen molar-refractivity contribution in [2.24, 2.45) is 5.92 Å². The number of hydrogen-bond donors (Lipinski definition) is 1. The minimum atomic E-state index is -0.483. The number of rotatable bonds is 4. The van der Waals surface area contributed by atoms with Crippen LogP contribution >= 0.6 is 0 Å². The van der Waals surface area contributed by atoms with E-state index >= 15 is 0 Å². The average Bonchev–Trinajstić information content (AvgIpc) is 2.49. The Morgan fingerprint density at radius 1 is 1.24 bits per heavy atom. The third-order valence-corrected chi connectivity index (χ3v) is 3.88. The van der Waals surface area contributed by atoms with E-state index in [1.165, 1.54) is 0 Å². The van der Waals surface area contributed by atoms with Crippen molar-refractivity contribution in [1.29, 1.82) is 0 Å². The zero-order chi connectivity index (χ0) is 15.3. The Labute approximate surface area is 125 Å². The first-order valence-corrected chi connectivity index (χ1v) is 7.54. The largest absolute Gasteiger partial charge is 0.449 e. The van der Waals surface area contributed by atoms with Crippen molar-refractivity contribution >= 4 is 11.9 Å². The van der Waals surface area contributed by atoms with Gasteiger partial charge in [-0.25, -0.2) is 4.79 Å². The Kier molecular flexibility index (Phi) is 4.99. The van der Waals surface area contributed by atoms with E-state index in [4.69, 9.17) is 4.74 Å². The van der Waals surface area contributed by atoms with Crippen molar-refractivity contribution in [3.05, 3.63) is 35.9 Å². The molecule has 1 aromatic carbocycles. The monoisotopic (exact) mass is 289 g/mol. The van der Waals surface area contributed by atoms with Crippen LogP contribution in [0.2, 0.25) is 0 Å². The molecule has 1 saturated carbocycles. The highest BCUT2D eigenvalue weighted by Crippen LogP contribution is 2.35. The summed E-state index contributed by atoms with van der Waals surface area (Å²) in [5.41, 5.74) is 0.558. The number of carbonyl (C=O) groups excluding carboxylic acids is 2. The van der Waals surface area contributed by atoms with Gasteiger partial charge in [0.25, 0.3) is 0 Å². The number of nitrogens with one attached hydrogen (secondary N) is 1. The summed E-state index contributed by atoms with van der Waals surface area (Å²) in [4.78, 5) is 23.6. The second kappa shape index (κ2) is 6.74. The lowest BCUT2D eigenvalue weighted by atomic mass is 9.76. The number of Topliss-reactive ketones (excluding diaryl/α,β-unsaturated/α-hetero) is 1. The number of ketones is 1. The predicted octanol–water partition coefficient (Wildman–Crippen LogP) is 3.41. The van der Waals surface area contributed by atoms with Gasteiger partial charge in [-0.1, -0.05) is 44.2 Å². The molecule has 2 rings (SSSR count). The SMILES string of the molecule is CC(C)COC(=O)NC1(c2ccccc2)CCC(=O)CC1. The summed E-state index contributed by atoms with van der Waals surface area (Å²) in [6, 6.07) is 9.85. The summed E-state index contributed by atoms with van der Waals surface area (Å²) >= 11 is 0. The summed E-state index contributed by atoms with van der Waals surface area (Å²) in [6.07, 6.45) is 1.86. The molecule has 1 N–H and O–H groups in total. The molecule has 0 aliphatic heterocycles. The van der Waals surface area contributed by atoms with Crippen molar-refractivity contribution in [2.45, 2.75) is 45.1 Å². The van der Waals surface area contributed by atoms with Crippen LogP contribution in [0.25, 0.3) is 0 Å². The fourth-order valence-electron chi connectivity index (χ4n) is 2.67. The molecule has 1 amide bonds. The maximum Gasteiger partial charge on any atom is 0.407 e. The average molecular weight is 289 g/mol. The number of ether oxygens (including phenoxy) is 1. The Morgan fingerprint density at radius 2 is 1.86 bits per heavy atom. The van der Waals surface area contributed by atoms with Gasteiger partial charge in [0, 0.05) is 12.8 Å². The zero-order valence-electron chi connectivity index (χ0n) is 12.7. The minimum Gasteiger partial charge on any atom is -0.449 e. The lowest BCUT2D eigenvalue weighted by molar-refractivity contribution is -0.121.